The number of hydrazine groups is 1. The summed E-state index contributed by atoms with van der Waals surface area (Å²) in [6, 6.07) is 3.43. The van der Waals surface area contributed by atoms with Gasteiger partial charge in [-0.1, -0.05) is 0 Å². The summed E-state index contributed by atoms with van der Waals surface area (Å²) in [6.07, 6.45) is 4.77. The molecule has 0 atom stereocenters. The minimum absolute atomic E-state index is 0.00883. The molecule has 2 saturated heterocycles. The van der Waals surface area contributed by atoms with Crippen LogP contribution in [0.1, 0.15) is 29.8 Å². The highest BCUT2D eigenvalue weighted by atomic mass is 16.5. The summed E-state index contributed by atoms with van der Waals surface area (Å²) in [5.41, 5.74) is 3.95. The summed E-state index contributed by atoms with van der Waals surface area (Å²) in [6.45, 7) is 3.25. The van der Waals surface area contributed by atoms with Gasteiger partial charge in [0.05, 0.1) is 5.69 Å². The van der Waals surface area contributed by atoms with E-state index in [9.17, 15) is 4.79 Å². The monoisotopic (exact) mass is 276 g/mol. The maximum absolute atomic E-state index is 12.5. The molecule has 2 fully saturated rings. The Labute approximate surface area is 118 Å². The highest BCUT2D eigenvalue weighted by molar-refractivity contribution is 5.93. The van der Waals surface area contributed by atoms with E-state index in [0.717, 1.165) is 45.6 Å². The van der Waals surface area contributed by atoms with Gasteiger partial charge in [0.1, 0.15) is 5.69 Å². The van der Waals surface area contributed by atoms with Gasteiger partial charge >= 0.3 is 0 Å². The molecule has 1 spiro atoms. The van der Waals surface area contributed by atoms with Crippen LogP contribution in [0.2, 0.25) is 0 Å². The first-order chi connectivity index (χ1) is 9.72. The van der Waals surface area contributed by atoms with Gasteiger partial charge in [0.25, 0.3) is 5.91 Å². The van der Waals surface area contributed by atoms with Gasteiger partial charge in [-0.05, 0) is 36.8 Å². The second-order valence-electron chi connectivity index (χ2n) is 5.66. The predicted molar refractivity (Wildman–Crippen MR) is 75.1 cm³/mol. The van der Waals surface area contributed by atoms with Crippen molar-refractivity contribution in [3.63, 3.8) is 0 Å². The molecule has 3 rings (SSSR count). The molecule has 0 radical (unpaired) electrons. The number of ether oxygens (including phenoxy) is 1. The zero-order valence-electron chi connectivity index (χ0n) is 11.5. The average molecular weight is 276 g/mol. The SMILES string of the molecule is NNc1ccnc(C(=O)N2CCC3(CCOCC3)C2)c1. The Balaban J connectivity index is 1.72. The number of nitrogens with zero attached hydrogens (tertiary/aromatic N) is 2. The second kappa shape index (κ2) is 5.38. The van der Waals surface area contributed by atoms with Crippen molar-refractivity contribution in [1.29, 1.82) is 0 Å². The summed E-state index contributed by atoms with van der Waals surface area (Å²) >= 11 is 0. The summed E-state index contributed by atoms with van der Waals surface area (Å²) in [5, 5.41) is 0. The molecule has 6 nitrogen and oxygen atoms in total. The molecule has 1 aromatic heterocycles. The first-order valence-electron chi connectivity index (χ1n) is 7.02. The number of aromatic nitrogens is 1. The first kappa shape index (κ1) is 13.3. The largest absolute Gasteiger partial charge is 0.381 e. The van der Waals surface area contributed by atoms with E-state index in [1.165, 1.54) is 0 Å². The summed E-state index contributed by atoms with van der Waals surface area (Å²) < 4.78 is 5.43. The Bertz CT molecular complexity index is 500. The van der Waals surface area contributed by atoms with Gasteiger partial charge in [-0.15, -0.1) is 0 Å². The Morgan fingerprint density at radius 2 is 2.20 bits per heavy atom. The number of pyridine rings is 1. The minimum Gasteiger partial charge on any atom is -0.381 e. The number of rotatable bonds is 2. The fraction of sp³-hybridized carbons (Fsp3) is 0.571. The number of likely N-dealkylation sites (tertiary alicyclic amines) is 1. The molecule has 20 heavy (non-hydrogen) atoms. The van der Waals surface area contributed by atoms with E-state index >= 15 is 0 Å². The topological polar surface area (TPSA) is 80.5 Å². The quantitative estimate of drug-likeness (QED) is 0.622. The van der Waals surface area contributed by atoms with Crippen molar-refractivity contribution in [1.82, 2.24) is 9.88 Å². The molecular weight excluding hydrogens is 256 g/mol. The third-order valence-corrected chi connectivity index (χ3v) is 4.42. The van der Waals surface area contributed by atoms with Crippen LogP contribution in [-0.2, 0) is 4.74 Å². The van der Waals surface area contributed by atoms with Crippen LogP contribution >= 0.6 is 0 Å². The molecule has 0 aliphatic carbocycles. The highest BCUT2D eigenvalue weighted by Crippen LogP contribution is 2.40. The van der Waals surface area contributed by atoms with Crippen molar-refractivity contribution < 1.29 is 9.53 Å². The number of hydrogen-bond acceptors (Lipinski definition) is 5. The van der Waals surface area contributed by atoms with Crippen LogP contribution in [0.15, 0.2) is 18.3 Å². The molecule has 0 aromatic carbocycles. The third kappa shape index (κ3) is 2.48. The zero-order valence-corrected chi connectivity index (χ0v) is 11.5. The molecule has 1 amide bonds. The summed E-state index contributed by atoms with van der Waals surface area (Å²) in [5.74, 6) is 5.36. The standard InChI is InChI=1S/C14H20N4O2/c15-17-11-1-5-16-12(9-11)13(19)18-6-2-14(10-18)3-7-20-8-4-14/h1,5,9H,2-4,6-8,10,15H2,(H,16,17). The minimum atomic E-state index is -0.00883. The number of nitrogen functional groups attached to an aromatic ring is 1. The van der Waals surface area contributed by atoms with Crippen LogP contribution in [-0.4, -0.2) is 42.1 Å². The van der Waals surface area contributed by atoms with Crippen molar-refractivity contribution in [3.05, 3.63) is 24.0 Å². The lowest BCUT2D eigenvalue weighted by Crippen LogP contribution is -2.35. The number of amides is 1. The Morgan fingerprint density at radius 1 is 1.40 bits per heavy atom. The van der Waals surface area contributed by atoms with E-state index in [4.69, 9.17) is 10.6 Å². The van der Waals surface area contributed by atoms with E-state index in [2.05, 4.69) is 10.4 Å². The number of carbonyl (C=O) groups excluding carboxylic acids is 1. The Morgan fingerprint density at radius 3 is 2.95 bits per heavy atom. The van der Waals surface area contributed by atoms with Crippen molar-refractivity contribution in [2.75, 3.05) is 31.7 Å². The Hall–Kier alpha value is -1.66. The van der Waals surface area contributed by atoms with E-state index in [1.807, 2.05) is 4.90 Å². The van der Waals surface area contributed by atoms with Gasteiger partial charge < -0.3 is 15.1 Å². The van der Waals surface area contributed by atoms with Gasteiger partial charge in [-0.25, -0.2) is 0 Å². The van der Waals surface area contributed by atoms with Crippen molar-refractivity contribution in [3.8, 4) is 0 Å². The molecule has 6 heteroatoms. The lowest BCUT2D eigenvalue weighted by Gasteiger charge is -2.33. The van der Waals surface area contributed by atoms with Crippen molar-refractivity contribution in [2.45, 2.75) is 19.3 Å². The summed E-state index contributed by atoms with van der Waals surface area (Å²) in [7, 11) is 0. The predicted octanol–water partition coefficient (Wildman–Crippen LogP) is 1.01. The Kier molecular flexibility index (Phi) is 3.58. The molecule has 0 saturated carbocycles. The molecule has 3 heterocycles. The molecular formula is C14H20N4O2. The lowest BCUT2D eigenvalue weighted by molar-refractivity contribution is 0.0190. The number of nitrogens with one attached hydrogen (secondary N) is 1. The van der Waals surface area contributed by atoms with E-state index in [1.54, 1.807) is 18.3 Å². The second-order valence-corrected chi connectivity index (χ2v) is 5.66. The van der Waals surface area contributed by atoms with Crippen LogP contribution in [0.3, 0.4) is 0 Å². The maximum atomic E-state index is 12.5. The number of carbonyl (C=O) groups is 1. The first-order valence-corrected chi connectivity index (χ1v) is 7.02. The number of anilines is 1. The van der Waals surface area contributed by atoms with Crippen LogP contribution < -0.4 is 11.3 Å². The normalized spacial score (nSPS) is 21.1. The number of nitrogens with two attached hydrogens (primary N) is 1. The third-order valence-electron chi connectivity index (χ3n) is 4.42. The zero-order chi connectivity index (χ0) is 14.0. The molecule has 1 aromatic rings. The molecule has 2 aliphatic heterocycles. The van der Waals surface area contributed by atoms with Gasteiger partial charge in [0.15, 0.2) is 0 Å². The van der Waals surface area contributed by atoms with Crippen molar-refractivity contribution >= 4 is 11.6 Å². The summed E-state index contributed by atoms with van der Waals surface area (Å²) in [4.78, 5) is 18.6. The van der Waals surface area contributed by atoms with E-state index in [0.29, 0.717) is 11.4 Å². The molecule has 2 aliphatic rings. The lowest BCUT2D eigenvalue weighted by atomic mass is 9.80. The smallest absolute Gasteiger partial charge is 0.272 e. The van der Waals surface area contributed by atoms with Gasteiger partial charge in [0.2, 0.25) is 0 Å². The van der Waals surface area contributed by atoms with Crippen molar-refractivity contribution in [2.24, 2.45) is 11.3 Å². The van der Waals surface area contributed by atoms with Gasteiger partial charge in [-0.3, -0.25) is 15.6 Å². The molecule has 3 N–H and O–H groups in total. The number of hydrogen-bond donors (Lipinski definition) is 2. The maximum Gasteiger partial charge on any atom is 0.272 e. The molecule has 0 unspecified atom stereocenters. The van der Waals surface area contributed by atoms with Crippen LogP contribution in [0.25, 0.3) is 0 Å². The fourth-order valence-electron chi connectivity index (χ4n) is 3.12. The van der Waals surface area contributed by atoms with E-state index < -0.39 is 0 Å². The molecule has 0 bridgehead atoms. The molecule has 108 valence electrons. The van der Waals surface area contributed by atoms with Gasteiger partial charge in [-0.2, -0.15) is 0 Å². The van der Waals surface area contributed by atoms with Crippen LogP contribution in [0, 0.1) is 5.41 Å². The van der Waals surface area contributed by atoms with E-state index in [-0.39, 0.29) is 11.3 Å². The van der Waals surface area contributed by atoms with Crippen LogP contribution in [0.5, 0.6) is 0 Å². The fourth-order valence-corrected chi connectivity index (χ4v) is 3.12. The van der Waals surface area contributed by atoms with Gasteiger partial charge in [0, 0.05) is 32.5 Å². The highest BCUT2D eigenvalue weighted by Gasteiger charge is 2.41. The van der Waals surface area contributed by atoms with Crippen LogP contribution in [0.4, 0.5) is 5.69 Å². The average Bonchev–Trinajstić information content (AvgIpc) is 2.91.